The van der Waals surface area contributed by atoms with Crippen molar-refractivity contribution in [1.29, 1.82) is 0 Å². The van der Waals surface area contributed by atoms with Gasteiger partial charge in [0.05, 0.1) is 11.9 Å². The number of piperidine rings is 1. The van der Waals surface area contributed by atoms with E-state index in [4.69, 9.17) is 0 Å². The second-order valence-corrected chi connectivity index (χ2v) is 8.30. The van der Waals surface area contributed by atoms with E-state index in [0.717, 1.165) is 19.1 Å². The Morgan fingerprint density at radius 1 is 1.35 bits per heavy atom. The van der Waals surface area contributed by atoms with Gasteiger partial charge >= 0.3 is 0 Å². The first-order chi connectivity index (χ1) is 12.4. The first-order valence-electron chi connectivity index (χ1n) is 8.12. The first kappa shape index (κ1) is 16.6. The van der Waals surface area contributed by atoms with Crippen molar-refractivity contribution >= 4 is 21.5 Å². The van der Waals surface area contributed by atoms with Crippen molar-refractivity contribution in [3.8, 4) is 0 Å². The number of aromatic amines is 1. The molecule has 3 aromatic heterocycles. The van der Waals surface area contributed by atoms with Gasteiger partial charge in [0, 0.05) is 31.5 Å². The molecule has 0 spiro atoms. The van der Waals surface area contributed by atoms with Gasteiger partial charge in [-0.05, 0) is 18.9 Å². The van der Waals surface area contributed by atoms with Crippen molar-refractivity contribution in [2.75, 3.05) is 19.3 Å². The third-order valence-corrected chi connectivity index (χ3v) is 5.65. The summed E-state index contributed by atoms with van der Waals surface area (Å²) in [7, 11) is -3.50. The van der Waals surface area contributed by atoms with E-state index in [0.29, 0.717) is 30.3 Å². The molecule has 10 nitrogen and oxygen atoms in total. The van der Waals surface area contributed by atoms with E-state index in [1.165, 1.54) is 23.2 Å². The summed E-state index contributed by atoms with van der Waals surface area (Å²) < 4.78 is 26.0. The Morgan fingerprint density at radius 2 is 2.19 bits per heavy atom. The summed E-state index contributed by atoms with van der Waals surface area (Å²) in [4.78, 5) is 22.6. The Hall–Kier alpha value is -2.82. The summed E-state index contributed by atoms with van der Waals surface area (Å²) in [6, 6.07) is 1.62. The van der Waals surface area contributed by atoms with Crippen molar-refractivity contribution in [2.24, 2.45) is 0 Å². The first-order valence-corrected chi connectivity index (χ1v) is 10.0. The van der Waals surface area contributed by atoms with Crippen LogP contribution in [0.25, 0.3) is 5.78 Å². The highest BCUT2D eigenvalue weighted by Gasteiger charge is 2.31. The number of likely N-dealkylation sites (tertiary alicyclic amines) is 1. The monoisotopic (exact) mass is 375 g/mol. The number of rotatable bonds is 3. The van der Waals surface area contributed by atoms with Crippen LogP contribution in [-0.4, -0.2) is 68.3 Å². The molecule has 3 aromatic rings. The zero-order valence-corrected chi connectivity index (χ0v) is 14.8. The molecule has 4 rings (SSSR count). The van der Waals surface area contributed by atoms with E-state index < -0.39 is 9.84 Å². The molecular formula is C15H17N7O3S. The number of hydrogen-bond acceptors (Lipinski definition) is 7. The minimum absolute atomic E-state index is 0.122. The van der Waals surface area contributed by atoms with Crippen LogP contribution in [0, 0.1) is 0 Å². The molecular weight excluding hydrogens is 358 g/mol. The van der Waals surface area contributed by atoms with Gasteiger partial charge in [-0.1, -0.05) is 0 Å². The molecule has 1 fully saturated rings. The minimum Gasteiger partial charge on any atom is -0.337 e. The molecule has 0 radical (unpaired) electrons. The molecule has 0 bridgehead atoms. The lowest BCUT2D eigenvalue weighted by atomic mass is 9.94. The number of H-pyrrole nitrogens is 1. The lowest BCUT2D eigenvalue weighted by molar-refractivity contribution is 0.0698. The molecule has 1 N–H and O–H groups in total. The van der Waals surface area contributed by atoms with Gasteiger partial charge in [0.1, 0.15) is 16.9 Å². The number of aromatic nitrogens is 6. The van der Waals surface area contributed by atoms with E-state index in [9.17, 15) is 13.2 Å². The fraction of sp³-hybridized carbons (Fsp3) is 0.400. The number of carbonyl (C=O) groups excluding carboxylic acids is 1. The number of sulfone groups is 1. The molecule has 1 amide bonds. The molecule has 0 aliphatic carbocycles. The number of hydrogen-bond donors (Lipinski definition) is 1. The van der Waals surface area contributed by atoms with Crippen molar-refractivity contribution in [1.82, 2.24) is 34.7 Å². The standard InChI is InChI=1S/C15H17N7O3S/c1-26(24,25)12-7-16-15-17-9-19-22(15)13(12)10-3-2-6-21(8-10)14(23)11-4-5-18-20-11/h4-5,7,9-10H,2-3,6,8H2,1H3,(H,18,20). The van der Waals surface area contributed by atoms with Gasteiger partial charge in [-0.25, -0.2) is 13.4 Å². The Bertz CT molecular complexity index is 1060. The molecule has 1 aliphatic rings. The molecule has 26 heavy (non-hydrogen) atoms. The molecule has 11 heteroatoms. The highest BCUT2D eigenvalue weighted by molar-refractivity contribution is 7.90. The summed E-state index contributed by atoms with van der Waals surface area (Å²) in [6.45, 7) is 0.994. The third-order valence-electron chi connectivity index (χ3n) is 4.53. The fourth-order valence-electron chi connectivity index (χ4n) is 3.37. The molecule has 0 saturated carbocycles. The van der Waals surface area contributed by atoms with Crippen molar-refractivity contribution in [2.45, 2.75) is 23.7 Å². The lowest BCUT2D eigenvalue weighted by Crippen LogP contribution is -2.40. The number of carbonyl (C=O) groups is 1. The van der Waals surface area contributed by atoms with Crippen LogP contribution in [0.2, 0.25) is 0 Å². The van der Waals surface area contributed by atoms with Crippen LogP contribution in [0.4, 0.5) is 0 Å². The Kier molecular flexibility index (Phi) is 3.94. The minimum atomic E-state index is -3.50. The maximum absolute atomic E-state index is 12.6. The predicted octanol–water partition coefficient (Wildman–Crippen LogP) is 0.271. The maximum atomic E-state index is 12.6. The van der Waals surface area contributed by atoms with Gasteiger partial charge in [0.2, 0.25) is 0 Å². The number of nitrogens with zero attached hydrogens (tertiary/aromatic N) is 6. The molecule has 1 atom stereocenters. The Morgan fingerprint density at radius 3 is 2.92 bits per heavy atom. The number of amides is 1. The molecule has 1 aliphatic heterocycles. The molecule has 1 unspecified atom stereocenters. The van der Waals surface area contributed by atoms with Gasteiger partial charge in [-0.3, -0.25) is 9.89 Å². The summed E-state index contributed by atoms with van der Waals surface area (Å²) in [5, 5.41) is 10.6. The van der Waals surface area contributed by atoms with Crippen molar-refractivity contribution in [3.05, 3.63) is 36.2 Å². The van der Waals surface area contributed by atoms with Crippen LogP contribution in [0.15, 0.2) is 29.7 Å². The molecule has 0 aromatic carbocycles. The van der Waals surface area contributed by atoms with Crippen molar-refractivity contribution < 1.29 is 13.2 Å². The van der Waals surface area contributed by atoms with E-state index in [-0.39, 0.29) is 16.7 Å². The number of nitrogens with one attached hydrogen (secondary N) is 1. The van der Waals surface area contributed by atoms with Gasteiger partial charge in [0.25, 0.3) is 11.7 Å². The highest BCUT2D eigenvalue weighted by atomic mass is 32.2. The van der Waals surface area contributed by atoms with Gasteiger partial charge in [-0.15, -0.1) is 0 Å². The molecule has 136 valence electrons. The van der Waals surface area contributed by atoms with E-state index in [1.54, 1.807) is 11.0 Å². The average Bonchev–Trinajstić information content (AvgIpc) is 3.30. The van der Waals surface area contributed by atoms with E-state index >= 15 is 0 Å². The second-order valence-electron chi connectivity index (χ2n) is 6.31. The topological polar surface area (TPSA) is 126 Å². The van der Waals surface area contributed by atoms with Crippen LogP contribution in [0.3, 0.4) is 0 Å². The summed E-state index contributed by atoms with van der Waals surface area (Å²) >= 11 is 0. The van der Waals surface area contributed by atoms with Crippen LogP contribution in [0.5, 0.6) is 0 Å². The Balaban J connectivity index is 1.75. The smallest absolute Gasteiger partial charge is 0.271 e. The normalized spacial score (nSPS) is 18.3. The second kappa shape index (κ2) is 6.16. The van der Waals surface area contributed by atoms with Crippen LogP contribution in [-0.2, 0) is 9.84 Å². The van der Waals surface area contributed by atoms with Gasteiger partial charge in [0.15, 0.2) is 9.84 Å². The zero-order valence-electron chi connectivity index (χ0n) is 14.0. The van der Waals surface area contributed by atoms with Gasteiger partial charge in [-0.2, -0.15) is 19.7 Å². The predicted molar refractivity (Wildman–Crippen MR) is 90.4 cm³/mol. The largest absolute Gasteiger partial charge is 0.337 e. The van der Waals surface area contributed by atoms with Crippen LogP contribution in [0.1, 0.15) is 34.9 Å². The van der Waals surface area contributed by atoms with Crippen LogP contribution < -0.4 is 0 Å². The fourth-order valence-corrected chi connectivity index (χ4v) is 4.25. The van der Waals surface area contributed by atoms with Crippen molar-refractivity contribution in [3.63, 3.8) is 0 Å². The third kappa shape index (κ3) is 2.83. The lowest BCUT2D eigenvalue weighted by Gasteiger charge is -2.33. The SMILES string of the molecule is CS(=O)(=O)c1cnc2ncnn2c1C1CCCN(C(=O)c2ccn[nH]2)C1. The quantitative estimate of drug-likeness (QED) is 0.696. The maximum Gasteiger partial charge on any atom is 0.271 e. The van der Waals surface area contributed by atoms with E-state index in [2.05, 4.69) is 25.3 Å². The summed E-state index contributed by atoms with van der Waals surface area (Å²) in [5.41, 5.74) is 0.937. The van der Waals surface area contributed by atoms with Gasteiger partial charge < -0.3 is 4.90 Å². The Labute approximate surface area is 149 Å². The summed E-state index contributed by atoms with van der Waals surface area (Å²) in [6.07, 6.45) is 6.84. The molecule has 4 heterocycles. The van der Waals surface area contributed by atoms with Crippen LogP contribution >= 0.6 is 0 Å². The molecule has 1 saturated heterocycles. The summed E-state index contributed by atoms with van der Waals surface area (Å²) in [5.74, 6) is -0.00559. The number of fused-ring (bicyclic) bond motifs is 1. The highest BCUT2D eigenvalue weighted by Crippen LogP contribution is 2.31. The van der Waals surface area contributed by atoms with E-state index in [1.807, 2.05) is 0 Å². The average molecular weight is 375 g/mol. The zero-order chi connectivity index (χ0) is 18.3.